The predicted molar refractivity (Wildman–Crippen MR) is 157 cm³/mol. The Kier molecular flexibility index (Phi) is 13.8. The number of esters is 1. The van der Waals surface area contributed by atoms with Gasteiger partial charge in [-0.1, -0.05) is 106 Å². The summed E-state index contributed by atoms with van der Waals surface area (Å²) in [5.41, 5.74) is 4.13. The average molecular weight is 582 g/mol. The topological polar surface area (TPSA) is 125 Å². The van der Waals surface area contributed by atoms with Gasteiger partial charge in [-0.25, -0.2) is 15.1 Å². The van der Waals surface area contributed by atoms with Crippen LogP contribution >= 0.6 is 0 Å². The fourth-order valence-electron chi connectivity index (χ4n) is 5.02. The van der Waals surface area contributed by atoms with Gasteiger partial charge in [0.25, 0.3) is 0 Å². The fraction of sp³-hybridized carbons (Fsp3) is 0.500. The molecule has 2 N–H and O–H groups in total. The number of carboxylic acid groups (broad SMARTS) is 1. The zero-order valence-corrected chi connectivity index (χ0v) is 24.4. The van der Waals surface area contributed by atoms with Gasteiger partial charge >= 0.3 is 12.1 Å². The molecule has 2 aromatic carbocycles. The highest BCUT2D eigenvalue weighted by Gasteiger charge is 2.39. The second kappa shape index (κ2) is 17.8. The lowest BCUT2D eigenvalue weighted by molar-refractivity contribution is -0.156. The number of nitrogens with zero attached hydrogens (tertiary/aromatic N) is 2. The van der Waals surface area contributed by atoms with Crippen LogP contribution in [0.2, 0.25) is 0 Å². The summed E-state index contributed by atoms with van der Waals surface area (Å²) in [5, 5.41) is 9.71. The van der Waals surface area contributed by atoms with Gasteiger partial charge in [0.1, 0.15) is 6.61 Å². The third-order valence-corrected chi connectivity index (χ3v) is 7.39. The fourth-order valence-corrected chi connectivity index (χ4v) is 5.02. The molecular weight excluding hydrogens is 538 g/mol. The van der Waals surface area contributed by atoms with Crippen molar-refractivity contribution in [1.82, 2.24) is 15.3 Å². The maximum Gasteiger partial charge on any atom is 0.408 e. The summed E-state index contributed by atoms with van der Waals surface area (Å²) in [6, 6.07) is 17.4. The van der Waals surface area contributed by atoms with Crippen molar-refractivity contribution in [3.8, 4) is 0 Å². The largest absolute Gasteiger partial charge is 0.465 e. The Balaban J connectivity index is 1.62. The van der Waals surface area contributed by atoms with Crippen molar-refractivity contribution < 1.29 is 33.9 Å². The quantitative estimate of drug-likeness (QED) is 0.164. The molecule has 1 saturated heterocycles. The van der Waals surface area contributed by atoms with E-state index in [9.17, 15) is 24.3 Å². The van der Waals surface area contributed by atoms with Gasteiger partial charge in [-0.15, -0.1) is 0 Å². The summed E-state index contributed by atoms with van der Waals surface area (Å²) in [6.07, 6.45) is 5.45. The van der Waals surface area contributed by atoms with Crippen molar-refractivity contribution in [1.29, 1.82) is 0 Å². The Morgan fingerprint density at radius 3 is 2.14 bits per heavy atom. The predicted octanol–water partition coefficient (Wildman–Crippen LogP) is 4.93. The van der Waals surface area contributed by atoms with Crippen LogP contribution in [0.5, 0.6) is 0 Å². The van der Waals surface area contributed by atoms with Crippen molar-refractivity contribution in [2.75, 3.05) is 19.6 Å². The van der Waals surface area contributed by atoms with Crippen LogP contribution in [0, 0.1) is 5.92 Å². The first kappa shape index (κ1) is 32.6. The molecule has 10 heteroatoms. The lowest BCUT2D eigenvalue weighted by Gasteiger charge is -2.39. The maximum absolute atomic E-state index is 13.7. The number of carbonyl (C=O) groups is 4. The van der Waals surface area contributed by atoms with E-state index in [1.165, 1.54) is 11.3 Å². The molecule has 1 fully saturated rings. The number of benzene rings is 2. The molecule has 0 unspecified atom stereocenters. The summed E-state index contributed by atoms with van der Waals surface area (Å²) in [6.45, 7) is 2.34. The van der Waals surface area contributed by atoms with E-state index >= 15 is 0 Å². The number of ether oxygens (including phenoxy) is 1. The van der Waals surface area contributed by atoms with Crippen molar-refractivity contribution in [2.45, 2.75) is 77.5 Å². The van der Waals surface area contributed by atoms with Crippen LogP contribution in [0.4, 0.5) is 4.79 Å². The Morgan fingerprint density at radius 2 is 1.50 bits per heavy atom. The van der Waals surface area contributed by atoms with Gasteiger partial charge in [0.2, 0.25) is 11.8 Å². The zero-order valence-electron chi connectivity index (χ0n) is 24.4. The van der Waals surface area contributed by atoms with Crippen LogP contribution in [0.1, 0.15) is 69.4 Å². The zero-order chi connectivity index (χ0) is 30.2. The highest BCUT2D eigenvalue weighted by atomic mass is 16.6. The normalized spacial score (nSPS) is 15.6. The standard InChI is InChI=1S/C32H43N3O7/c1-2-3-4-5-6-13-18-27(21-29(36)33-42-24-26-16-11-8-12-17-26)30(37)34-19-20-35(32(39)40)28(22-34)31(38)41-23-25-14-9-7-10-15-25/h7-12,14-17,27-28H,2-6,13,18-24H2,1H3,(H,33,36)(H,39,40)/t27-,28+/m1/s1. The second-order valence-electron chi connectivity index (χ2n) is 10.6. The summed E-state index contributed by atoms with van der Waals surface area (Å²) >= 11 is 0. The van der Waals surface area contributed by atoms with Gasteiger partial charge in [0.05, 0.1) is 13.2 Å². The molecule has 3 amide bonds. The third-order valence-electron chi connectivity index (χ3n) is 7.39. The van der Waals surface area contributed by atoms with Gasteiger partial charge in [-0.3, -0.25) is 19.3 Å². The average Bonchev–Trinajstić information content (AvgIpc) is 3.01. The molecule has 2 aromatic rings. The minimum Gasteiger partial charge on any atom is -0.465 e. The smallest absolute Gasteiger partial charge is 0.408 e. The number of unbranched alkanes of at least 4 members (excludes halogenated alkanes) is 5. The van der Waals surface area contributed by atoms with Crippen LogP contribution in [-0.2, 0) is 37.2 Å². The number of rotatable bonds is 16. The Bertz CT molecular complexity index is 1130. The molecule has 1 aliphatic rings. The molecule has 1 heterocycles. The lowest BCUT2D eigenvalue weighted by Crippen LogP contribution is -2.60. The molecular formula is C32H43N3O7. The summed E-state index contributed by atoms with van der Waals surface area (Å²) < 4.78 is 5.43. The van der Waals surface area contributed by atoms with E-state index in [-0.39, 0.29) is 45.2 Å². The number of piperazine rings is 1. The minimum absolute atomic E-state index is 0.00138. The van der Waals surface area contributed by atoms with Crippen LogP contribution in [0.25, 0.3) is 0 Å². The van der Waals surface area contributed by atoms with Gasteiger partial charge in [0.15, 0.2) is 6.04 Å². The molecule has 0 saturated carbocycles. The van der Waals surface area contributed by atoms with E-state index in [1.807, 2.05) is 48.5 Å². The van der Waals surface area contributed by atoms with Crippen LogP contribution in [0.15, 0.2) is 60.7 Å². The summed E-state index contributed by atoms with van der Waals surface area (Å²) in [4.78, 5) is 59.3. The van der Waals surface area contributed by atoms with Crippen molar-refractivity contribution in [2.24, 2.45) is 5.92 Å². The van der Waals surface area contributed by atoms with Gasteiger partial charge in [-0.05, 0) is 17.5 Å². The molecule has 0 radical (unpaired) electrons. The molecule has 0 aliphatic carbocycles. The van der Waals surface area contributed by atoms with Gasteiger partial charge in [-0.2, -0.15) is 0 Å². The second-order valence-corrected chi connectivity index (χ2v) is 10.6. The monoisotopic (exact) mass is 581 g/mol. The van der Waals surface area contributed by atoms with E-state index in [4.69, 9.17) is 9.57 Å². The molecule has 0 aromatic heterocycles. The number of carbonyl (C=O) groups excluding carboxylic acids is 3. The van der Waals surface area contributed by atoms with E-state index in [1.54, 1.807) is 12.1 Å². The van der Waals surface area contributed by atoms with Crippen molar-refractivity contribution in [3.05, 3.63) is 71.8 Å². The first-order valence-electron chi connectivity index (χ1n) is 14.8. The van der Waals surface area contributed by atoms with Crippen molar-refractivity contribution in [3.63, 3.8) is 0 Å². The molecule has 228 valence electrons. The first-order chi connectivity index (χ1) is 20.4. The number of hydrogen-bond acceptors (Lipinski definition) is 6. The molecule has 1 aliphatic heterocycles. The number of hydrogen-bond donors (Lipinski definition) is 2. The Morgan fingerprint density at radius 1 is 0.881 bits per heavy atom. The maximum atomic E-state index is 13.7. The molecule has 2 atom stereocenters. The first-order valence-corrected chi connectivity index (χ1v) is 14.8. The van der Waals surface area contributed by atoms with E-state index in [2.05, 4.69) is 12.4 Å². The van der Waals surface area contributed by atoms with Crippen LogP contribution in [-0.4, -0.2) is 64.5 Å². The molecule has 3 rings (SSSR count). The highest BCUT2D eigenvalue weighted by molar-refractivity contribution is 5.87. The minimum atomic E-state index is -1.25. The van der Waals surface area contributed by atoms with Gasteiger partial charge < -0.3 is 14.7 Å². The number of amides is 3. The summed E-state index contributed by atoms with van der Waals surface area (Å²) in [5.74, 6) is -2.00. The molecule has 0 bridgehead atoms. The lowest BCUT2D eigenvalue weighted by atomic mass is 9.94. The number of nitrogens with one attached hydrogen (secondary N) is 1. The molecule has 10 nitrogen and oxygen atoms in total. The Labute approximate surface area is 247 Å². The third kappa shape index (κ3) is 10.8. The number of hydroxylamine groups is 1. The van der Waals surface area contributed by atoms with Crippen molar-refractivity contribution >= 4 is 23.9 Å². The SMILES string of the molecule is CCCCCCCC[C@H](CC(=O)NOCc1ccccc1)C(=O)N1CCN(C(=O)O)[C@H](C(=O)OCc2ccccc2)C1. The Hall–Kier alpha value is -3.92. The van der Waals surface area contributed by atoms with E-state index in [0.717, 1.165) is 48.1 Å². The molecule has 0 spiro atoms. The van der Waals surface area contributed by atoms with Crippen LogP contribution in [0.3, 0.4) is 0 Å². The van der Waals surface area contributed by atoms with Crippen LogP contribution < -0.4 is 5.48 Å². The van der Waals surface area contributed by atoms with Gasteiger partial charge in [0, 0.05) is 25.4 Å². The molecule has 42 heavy (non-hydrogen) atoms. The van der Waals surface area contributed by atoms with E-state index in [0.29, 0.717) is 6.42 Å². The highest BCUT2D eigenvalue weighted by Crippen LogP contribution is 2.22. The summed E-state index contributed by atoms with van der Waals surface area (Å²) in [7, 11) is 0. The van der Waals surface area contributed by atoms with E-state index < -0.39 is 29.9 Å².